The molecule has 0 aliphatic rings. The van der Waals surface area contributed by atoms with Gasteiger partial charge in [-0.2, -0.15) is 0 Å². The molecule has 4 N–H and O–H groups in total. The number of aliphatic hydroxyl groups excluding tert-OH is 1. The van der Waals surface area contributed by atoms with Crippen LogP contribution in [0.3, 0.4) is 0 Å². The monoisotopic (exact) mass is 491 g/mol. The van der Waals surface area contributed by atoms with Crippen LogP contribution in [0.4, 0.5) is 0 Å². The van der Waals surface area contributed by atoms with E-state index >= 15 is 0 Å². The second kappa shape index (κ2) is 11.3. The van der Waals surface area contributed by atoms with Crippen molar-refractivity contribution >= 4 is 28.2 Å². The SMILES string of the molecule is C[C@H](Cc1ccc(S(=O)(=O)c2ccc(O)c(C(=O)O)c2)cc1)NC[C@@H](O)c1ccccc1.Cl. The molecule has 0 saturated heterocycles. The molecule has 0 unspecified atom stereocenters. The number of sulfone groups is 1. The number of halogens is 1. The number of carboxylic acids is 1. The molecule has 3 aromatic rings. The normalized spacial score (nSPS) is 13.0. The highest BCUT2D eigenvalue weighted by Gasteiger charge is 2.21. The van der Waals surface area contributed by atoms with Crippen molar-refractivity contribution in [1.29, 1.82) is 0 Å². The summed E-state index contributed by atoms with van der Waals surface area (Å²) < 4.78 is 25.7. The van der Waals surface area contributed by atoms with Crippen LogP contribution in [0.1, 0.15) is 34.5 Å². The van der Waals surface area contributed by atoms with Crippen molar-refractivity contribution in [2.24, 2.45) is 0 Å². The predicted molar refractivity (Wildman–Crippen MR) is 127 cm³/mol. The fraction of sp³-hybridized carbons (Fsp3) is 0.208. The fourth-order valence-electron chi connectivity index (χ4n) is 3.33. The Morgan fingerprint density at radius 2 is 1.58 bits per heavy atom. The molecule has 33 heavy (non-hydrogen) atoms. The molecule has 0 aliphatic carbocycles. The minimum atomic E-state index is -3.93. The Labute approximate surface area is 199 Å². The van der Waals surface area contributed by atoms with E-state index in [-0.39, 0.29) is 28.2 Å². The van der Waals surface area contributed by atoms with Gasteiger partial charge in [0.25, 0.3) is 0 Å². The second-order valence-electron chi connectivity index (χ2n) is 7.57. The number of aromatic hydroxyl groups is 1. The fourth-order valence-corrected chi connectivity index (χ4v) is 4.61. The Hall–Kier alpha value is -2.91. The van der Waals surface area contributed by atoms with Gasteiger partial charge in [-0.15, -0.1) is 12.4 Å². The lowest BCUT2D eigenvalue weighted by Gasteiger charge is -2.17. The summed E-state index contributed by atoms with van der Waals surface area (Å²) in [6, 6.07) is 19.0. The molecule has 0 fully saturated rings. The van der Waals surface area contributed by atoms with E-state index in [4.69, 9.17) is 5.11 Å². The third-order valence-corrected chi connectivity index (χ3v) is 6.90. The van der Waals surface area contributed by atoms with Crippen LogP contribution in [0, 0.1) is 0 Å². The maximum Gasteiger partial charge on any atom is 0.339 e. The third kappa shape index (κ3) is 6.55. The van der Waals surface area contributed by atoms with Gasteiger partial charge in [-0.05, 0) is 54.8 Å². The molecule has 0 saturated carbocycles. The average molecular weight is 492 g/mol. The summed E-state index contributed by atoms with van der Waals surface area (Å²) in [5, 5.41) is 32.3. The number of phenols is 1. The van der Waals surface area contributed by atoms with Gasteiger partial charge in [0.2, 0.25) is 9.84 Å². The maximum absolute atomic E-state index is 12.9. The standard InChI is InChI=1S/C24H25NO6S.ClH/c1-16(25-15-23(27)18-5-3-2-4-6-18)13-17-7-9-19(10-8-17)32(30,31)20-11-12-22(26)21(14-20)24(28)29;/h2-12,14,16,23,25-27H,13,15H2,1H3,(H,28,29);1H/t16-,23-;/m1./s1. The molecule has 176 valence electrons. The van der Waals surface area contributed by atoms with Crippen molar-refractivity contribution in [3.05, 3.63) is 89.5 Å². The summed E-state index contributed by atoms with van der Waals surface area (Å²) in [5.74, 6) is -1.90. The van der Waals surface area contributed by atoms with Crippen LogP contribution < -0.4 is 5.32 Å². The van der Waals surface area contributed by atoms with Crippen molar-refractivity contribution in [2.45, 2.75) is 35.3 Å². The molecular weight excluding hydrogens is 466 g/mol. The number of aliphatic hydroxyl groups is 1. The van der Waals surface area contributed by atoms with Gasteiger partial charge in [0.1, 0.15) is 11.3 Å². The first-order valence-electron chi connectivity index (χ1n) is 10.0. The van der Waals surface area contributed by atoms with Crippen LogP contribution in [0.15, 0.2) is 82.6 Å². The Kier molecular flexibility index (Phi) is 9.01. The molecule has 0 spiro atoms. The van der Waals surface area contributed by atoms with Crippen LogP contribution in [0.5, 0.6) is 5.75 Å². The largest absolute Gasteiger partial charge is 0.507 e. The molecular formula is C24H26ClNO6S. The number of nitrogens with one attached hydrogen (secondary N) is 1. The van der Waals surface area contributed by atoms with Crippen LogP contribution in [-0.4, -0.2) is 42.3 Å². The zero-order valence-electron chi connectivity index (χ0n) is 17.9. The highest BCUT2D eigenvalue weighted by atomic mass is 35.5. The minimum absolute atomic E-state index is 0. The first kappa shape index (κ1) is 26.3. The van der Waals surface area contributed by atoms with Crippen LogP contribution in [0.2, 0.25) is 0 Å². The van der Waals surface area contributed by atoms with Crippen molar-refractivity contribution in [1.82, 2.24) is 5.32 Å². The Bertz CT molecular complexity index is 1180. The smallest absolute Gasteiger partial charge is 0.339 e. The summed E-state index contributed by atoms with van der Waals surface area (Å²) in [4.78, 5) is 11.0. The van der Waals surface area contributed by atoms with E-state index in [1.165, 1.54) is 18.2 Å². The maximum atomic E-state index is 12.9. The zero-order valence-corrected chi connectivity index (χ0v) is 19.5. The van der Waals surface area contributed by atoms with Gasteiger partial charge < -0.3 is 20.6 Å². The predicted octanol–water partition coefficient (Wildman–Crippen LogP) is 3.60. The number of rotatable bonds is 9. The molecule has 7 nitrogen and oxygen atoms in total. The number of aromatic carboxylic acids is 1. The van der Waals surface area contributed by atoms with Gasteiger partial charge in [0.15, 0.2) is 0 Å². The summed E-state index contributed by atoms with van der Waals surface area (Å²) in [6.07, 6.45) is 0.0108. The van der Waals surface area contributed by atoms with Gasteiger partial charge in [-0.1, -0.05) is 42.5 Å². The molecule has 3 aromatic carbocycles. The van der Waals surface area contributed by atoms with E-state index in [9.17, 15) is 23.4 Å². The Balaban J connectivity index is 0.00000385. The quantitative estimate of drug-likeness (QED) is 0.360. The van der Waals surface area contributed by atoms with Gasteiger partial charge >= 0.3 is 5.97 Å². The lowest BCUT2D eigenvalue weighted by atomic mass is 10.1. The number of carboxylic acid groups (broad SMARTS) is 1. The first-order valence-corrected chi connectivity index (χ1v) is 11.5. The average Bonchev–Trinajstić information content (AvgIpc) is 2.78. The molecule has 0 aliphatic heterocycles. The summed E-state index contributed by atoms with van der Waals surface area (Å²) in [5.41, 5.74) is 1.28. The topological polar surface area (TPSA) is 124 Å². The van der Waals surface area contributed by atoms with E-state index < -0.39 is 33.2 Å². The van der Waals surface area contributed by atoms with Crippen LogP contribution in [-0.2, 0) is 16.3 Å². The van der Waals surface area contributed by atoms with Gasteiger partial charge in [-0.25, -0.2) is 13.2 Å². The first-order chi connectivity index (χ1) is 15.2. The van der Waals surface area contributed by atoms with E-state index in [2.05, 4.69) is 5.32 Å². The lowest BCUT2D eigenvalue weighted by molar-refractivity contribution is 0.0693. The molecule has 3 rings (SSSR count). The number of benzene rings is 3. The lowest BCUT2D eigenvalue weighted by Crippen LogP contribution is -2.32. The van der Waals surface area contributed by atoms with Crippen molar-refractivity contribution in [3.8, 4) is 5.75 Å². The molecule has 9 heteroatoms. The highest BCUT2D eigenvalue weighted by molar-refractivity contribution is 7.91. The van der Waals surface area contributed by atoms with Crippen molar-refractivity contribution in [2.75, 3.05) is 6.54 Å². The molecule has 2 atom stereocenters. The van der Waals surface area contributed by atoms with E-state index in [0.29, 0.717) is 13.0 Å². The number of hydrogen-bond acceptors (Lipinski definition) is 6. The van der Waals surface area contributed by atoms with E-state index in [0.717, 1.165) is 23.3 Å². The summed E-state index contributed by atoms with van der Waals surface area (Å²) in [6.45, 7) is 2.37. The molecule has 0 aromatic heterocycles. The third-order valence-electron chi connectivity index (χ3n) is 5.13. The summed E-state index contributed by atoms with van der Waals surface area (Å²) in [7, 11) is -3.93. The Morgan fingerprint density at radius 3 is 2.18 bits per heavy atom. The number of carbonyl (C=O) groups is 1. The highest BCUT2D eigenvalue weighted by Crippen LogP contribution is 2.26. The molecule has 0 amide bonds. The molecule has 0 heterocycles. The van der Waals surface area contributed by atoms with Crippen LogP contribution in [0.25, 0.3) is 0 Å². The second-order valence-corrected chi connectivity index (χ2v) is 9.52. The molecule has 0 bridgehead atoms. The van der Waals surface area contributed by atoms with E-state index in [1.54, 1.807) is 12.1 Å². The molecule has 0 radical (unpaired) electrons. The number of hydrogen-bond donors (Lipinski definition) is 4. The minimum Gasteiger partial charge on any atom is -0.507 e. The van der Waals surface area contributed by atoms with E-state index in [1.807, 2.05) is 37.3 Å². The van der Waals surface area contributed by atoms with Gasteiger partial charge in [0, 0.05) is 12.6 Å². The van der Waals surface area contributed by atoms with Gasteiger partial charge in [-0.3, -0.25) is 0 Å². The van der Waals surface area contributed by atoms with Gasteiger partial charge in [0.05, 0.1) is 15.9 Å². The summed E-state index contributed by atoms with van der Waals surface area (Å²) >= 11 is 0. The van der Waals surface area contributed by atoms with Crippen molar-refractivity contribution < 1.29 is 28.5 Å². The van der Waals surface area contributed by atoms with Crippen LogP contribution >= 0.6 is 12.4 Å². The zero-order chi connectivity index (χ0) is 23.3. The Morgan fingerprint density at radius 1 is 0.970 bits per heavy atom. The van der Waals surface area contributed by atoms with Crippen molar-refractivity contribution in [3.63, 3.8) is 0 Å².